The summed E-state index contributed by atoms with van der Waals surface area (Å²) < 4.78 is 0. The second-order valence-electron chi connectivity index (χ2n) is 7.49. The number of fused-ring (bicyclic) bond motifs is 1. The van der Waals surface area contributed by atoms with Crippen LogP contribution in [0.3, 0.4) is 0 Å². The molecule has 1 N–H and O–H groups in total. The molecule has 6 nitrogen and oxygen atoms in total. The minimum atomic E-state index is -0.363. The Morgan fingerprint density at radius 2 is 2.03 bits per heavy atom. The number of carbonyl (C=O) groups is 1. The van der Waals surface area contributed by atoms with Gasteiger partial charge in [-0.05, 0) is 56.0 Å². The number of nitrogens with zero attached hydrogens (tertiary/aromatic N) is 4. The molecular weight excluding hydrogens is 421 g/mol. The average molecular weight is 440 g/mol. The van der Waals surface area contributed by atoms with Crippen LogP contribution < -0.4 is 10.2 Å². The Bertz CT molecular complexity index is 1120. The summed E-state index contributed by atoms with van der Waals surface area (Å²) in [5, 5.41) is 4.42. The molecule has 1 fully saturated rings. The number of aromatic nitrogens is 3. The number of hydrogen-bond acceptors (Lipinski definition) is 5. The van der Waals surface area contributed by atoms with E-state index < -0.39 is 0 Å². The zero-order valence-corrected chi connectivity index (χ0v) is 17.6. The number of carbonyl (C=O) groups excluding carboxylic acids is 1. The lowest BCUT2D eigenvalue weighted by molar-refractivity contribution is -0.117. The summed E-state index contributed by atoms with van der Waals surface area (Å²) in [6.45, 7) is 0.584. The molecule has 1 unspecified atom stereocenters. The van der Waals surface area contributed by atoms with Gasteiger partial charge in [0.15, 0.2) is 5.82 Å². The molecule has 0 bridgehead atoms. The van der Waals surface area contributed by atoms with Gasteiger partial charge in [-0.2, -0.15) is 0 Å². The first-order valence-corrected chi connectivity index (χ1v) is 10.7. The van der Waals surface area contributed by atoms with Crippen molar-refractivity contribution in [1.29, 1.82) is 0 Å². The Kier molecular flexibility index (Phi) is 5.05. The van der Waals surface area contributed by atoms with Crippen LogP contribution in [0.25, 0.3) is 11.4 Å². The standard InChI is InChI=1S/C22H19Cl2N5O/c23-14-6-7-19(16(24)11-14)29-10-8-18(22(29)30)27-21-15-4-1-5-17(15)26-20(28-21)13-3-2-9-25-12-13/h2-3,6-7,9,11-12,18H,1,4-5,8,10H2,(H,26,27,28). The van der Waals surface area contributed by atoms with Crippen LogP contribution >= 0.6 is 23.2 Å². The third kappa shape index (κ3) is 3.50. The van der Waals surface area contributed by atoms with Gasteiger partial charge < -0.3 is 10.2 Å². The number of halogens is 2. The van der Waals surface area contributed by atoms with Gasteiger partial charge in [0.2, 0.25) is 5.91 Å². The minimum Gasteiger partial charge on any atom is -0.358 e. The molecular formula is C22H19Cl2N5O. The van der Waals surface area contributed by atoms with E-state index in [1.165, 1.54) is 0 Å². The van der Waals surface area contributed by atoms with E-state index in [0.29, 0.717) is 34.5 Å². The molecule has 1 atom stereocenters. The Morgan fingerprint density at radius 3 is 2.83 bits per heavy atom. The third-order valence-electron chi connectivity index (χ3n) is 5.57. The van der Waals surface area contributed by atoms with Crippen LogP contribution in [0.5, 0.6) is 0 Å². The first kappa shape index (κ1) is 19.3. The predicted octanol–water partition coefficient (Wildman–Crippen LogP) is 4.55. The molecule has 30 heavy (non-hydrogen) atoms. The van der Waals surface area contributed by atoms with Crippen LogP contribution in [0, 0.1) is 0 Å². The van der Waals surface area contributed by atoms with Crippen molar-refractivity contribution in [2.45, 2.75) is 31.7 Å². The number of anilines is 2. The number of amides is 1. The minimum absolute atomic E-state index is 0.0208. The summed E-state index contributed by atoms with van der Waals surface area (Å²) in [5.74, 6) is 1.36. The van der Waals surface area contributed by atoms with Gasteiger partial charge in [0.25, 0.3) is 0 Å². The van der Waals surface area contributed by atoms with E-state index in [0.717, 1.165) is 41.9 Å². The zero-order valence-electron chi connectivity index (χ0n) is 16.1. The lowest BCUT2D eigenvalue weighted by Crippen LogP contribution is -2.34. The van der Waals surface area contributed by atoms with E-state index in [2.05, 4.69) is 10.3 Å². The van der Waals surface area contributed by atoms with E-state index in [1.54, 1.807) is 35.5 Å². The summed E-state index contributed by atoms with van der Waals surface area (Å²) >= 11 is 12.3. The number of pyridine rings is 1. The van der Waals surface area contributed by atoms with Crippen molar-refractivity contribution in [3.63, 3.8) is 0 Å². The summed E-state index contributed by atoms with van der Waals surface area (Å²) in [6, 6.07) is 8.63. The molecule has 3 heterocycles. The third-order valence-corrected chi connectivity index (χ3v) is 6.11. The quantitative estimate of drug-likeness (QED) is 0.645. The van der Waals surface area contributed by atoms with Crippen LogP contribution in [0.2, 0.25) is 10.0 Å². The van der Waals surface area contributed by atoms with Crippen LogP contribution in [0.15, 0.2) is 42.7 Å². The second kappa shape index (κ2) is 7.85. The molecule has 2 aliphatic rings. The van der Waals surface area contributed by atoms with Crippen LogP contribution in [-0.2, 0) is 17.6 Å². The summed E-state index contributed by atoms with van der Waals surface area (Å²) in [5.41, 5.74) is 3.70. The van der Waals surface area contributed by atoms with Crippen molar-refractivity contribution >= 4 is 40.6 Å². The topological polar surface area (TPSA) is 71.0 Å². The summed E-state index contributed by atoms with van der Waals surface area (Å²) in [6.07, 6.45) is 7.03. The van der Waals surface area contributed by atoms with Gasteiger partial charge in [-0.15, -0.1) is 0 Å². The molecule has 0 saturated carbocycles. The first-order valence-electron chi connectivity index (χ1n) is 9.93. The Labute approximate surface area is 184 Å². The summed E-state index contributed by atoms with van der Waals surface area (Å²) in [4.78, 5) is 28.5. The van der Waals surface area contributed by atoms with E-state index in [-0.39, 0.29) is 11.9 Å². The van der Waals surface area contributed by atoms with Gasteiger partial charge in [-0.3, -0.25) is 9.78 Å². The van der Waals surface area contributed by atoms with E-state index >= 15 is 0 Å². The highest BCUT2D eigenvalue weighted by Crippen LogP contribution is 2.34. The molecule has 1 aliphatic carbocycles. The molecule has 152 valence electrons. The highest BCUT2D eigenvalue weighted by Gasteiger charge is 2.35. The van der Waals surface area contributed by atoms with Gasteiger partial charge in [-0.25, -0.2) is 9.97 Å². The Hall–Kier alpha value is -2.70. The van der Waals surface area contributed by atoms with Crippen LogP contribution in [0.1, 0.15) is 24.1 Å². The second-order valence-corrected chi connectivity index (χ2v) is 8.33. The van der Waals surface area contributed by atoms with Crippen molar-refractivity contribution in [2.75, 3.05) is 16.8 Å². The maximum atomic E-state index is 13.1. The van der Waals surface area contributed by atoms with Crippen molar-refractivity contribution in [2.24, 2.45) is 0 Å². The fourth-order valence-corrected chi connectivity index (χ4v) is 4.60. The summed E-state index contributed by atoms with van der Waals surface area (Å²) in [7, 11) is 0. The van der Waals surface area contributed by atoms with Crippen molar-refractivity contribution in [3.8, 4) is 11.4 Å². The molecule has 1 saturated heterocycles. The largest absolute Gasteiger partial charge is 0.358 e. The van der Waals surface area contributed by atoms with Gasteiger partial charge in [0, 0.05) is 40.8 Å². The molecule has 5 rings (SSSR count). The molecule has 0 radical (unpaired) electrons. The lowest BCUT2D eigenvalue weighted by Gasteiger charge is -2.20. The fourth-order valence-electron chi connectivity index (χ4n) is 4.09. The van der Waals surface area contributed by atoms with Crippen LogP contribution in [-0.4, -0.2) is 33.4 Å². The number of rotatable bonds is 4. The molecule has 2 aromatic heterocycles. The van der Waals surface area contributed by atoms with Gasteiger partial charge >= 0.3 is 0 Å². The van der Waals surface area contributed by atoms with E-state index in [4.69, 9.17) is 33.2 Å². The average Bonchev–Trinajstić information content (AvgIpc) is 3.36. The molecule has 1 amide bonds. The van der Waals surface area contributed by atoms with Crippen molar-refractivity contribution < 1.29 is 4.79 Å². The van der Waals surface area contributed by atoms with Crippen LogP contribution in [0.4, 0.5) is 11.5 Å². The Balaban J connectivity index is 1.43. The first-order chi connectivity index (χ1) is 14.6. The lowest BCUT2D eigenvalue weighted by atomic mass is 10.2. The maximum absolute atomic E-state index is 13.1. The van der Waals surface area contributed by atoms with Gasteiger partial charge in [0.1, 0.15) is 11.9 Å². The fraction of sp³-hybridized carbons (Fsp3) is 0.273. The van der Waals surface area contributed by atoms with Gasteiger partial charge in [0.05, 0.1) is 10.7 Å². The highest BCUT2D eigenvalue weighted by molar-refractivity contribution is 6.36. The van der Waals surface area contributed by atoms with E-state index in [9.17, 15) is 4.79 Å². The van der Waals surface area contributed by atoms with E-state index in [1.807, 2.05) is 12.1 Å². The molecule has 1 aliphatic heterocycles. The number of nitrogens with one attached hydrogen (secondary N) is 1. The smallest absolute Gasteiger partial charge is 0.249 e. The number of aryl methyl sites for hydroxylation is 1. The number of benzene rings is 1. The normalized spacial score (nSPS) is 18.0. The maximum Gasteiger partial charge on any atom is 0.249 e. The molecule has 1 aromatic carbocycles. The van der Waals surface area contributed by atoms with Crippen molar-refractivity contribution in [3.05, 3.63) is 64.0 Å². The molecule has 3 aromatic rings. The highest BCUT2D eigenvalue weighted by atomic mass is 35.5. The zero-order chi connectivity index (χ0) is 20.7. The van der Waals surface area contributed by atoms with Crippen molar-refractivity contribution in [1.82, 2.24) is 15.0 Å². The van der Waals surface area contributed by atoms with Gasteiger partial charge in [-0.1, -0.05) is 23.2 Å². The molecule has 0 spiro atoms. The molecule has 8 heteroatoms. The Morgan fingerprint density at radius 1 is 1.13 bits per heavy atom. The number of hydrogen-bond donors (Lipinski definition) is 1. The monoisotopic (exact) mass is 439 g/mol. The SMILES string of the molecule is O=C1C(Nc2nc(-c3cccnc3)nc3c2CCC3)CCN1c1ccc(Cl)cc1Cl. The predicted molar refractivity (Wildman–Crippen MR) is 118 cm³/mol.